The number of benzene rings is 1. The number of carbonyl (C=O) groups is 1. The molecule has 0 aliphatic heterocycles. The molecular formula is C16H15N3O. The molecule has 4 heteroatoms. The molecule has 3 rings (SSSR count). The first kappa shape index (κ1) is 12.4. The predicted molar refractivity (Wildman–Crippen MR) is 79.0 cm³/mol. The van der Waals surface area contributed by atoms with Crippen LogP contribution in [0.3, 0.4) is 0 Å². The quantitative estimate of drug-likeness (QED) is 0.790. The molecule has 0 bridgehead atoms. The van der Waals surface area contributed by atoms with E-state index in [9.17, 15) is 4.79 Å². The number of hydrogen-bond donors (Lipinski definition) is 1. The van der Waals surface area contributed by atoms with Gasteiger partial charge in [-0.15, -0.1) is 0 Å². The fourth-order valence-electron chi connectivity index (χ4n) is 2.20. The Morgan fingerprint density at radius 2 is 2.10 bits per heavy atom. The van der Waals surface area contributed by atoms with E-state index in [0.717, 1.165) is 23.3 Å². The smallest absolute Gasteiger partial charge is 0.257 e. The van der Waals surface area contributed by atoms with Crippen molar-refractivity contribution in [1.82, 2.24) is 9.38 Å². The largest absolute Gasteiger partial charge is 0.322 e. The zero-order valence-corrected chi connectivity index (χ0v) is 11.2. The van der Waals surface area contributed by atoms with Crippen molar-refractivity contribution in [2.45, 2.75) is 13.3 Å². The van der Waals surface area contributed by atoms with Gasteiger partial charge in [0.2, 0.25) is 0 Å². The molecule has 100 valence electrons. The molecule has 3 aromatic rings. The van der Waals surface area contributed by atoms with E-state index in [4.69, 9.17) is 0 Å². The molecule has 2 heterocycles. The minimum atomic E-state index is -0.110. The Morgan fingerprint density at radius 3 is 2.95 bits per heavy atom. The van der Waals surface area contributed by atoms with Gasteiger partial charge in [-0.1, -0.05) is 25.1 Å². The minimum absolute atomic E-state index is 0.110. The molecule has 0 aliphatic rings. The molecule has 20 heavy (non-hydrogen) atoms. The number of fused-ring (bicyclic) bond motifs is 1. The predicted octanol–water partition coefficient (Wildman–Crippen LogP) is 3.15. The summed E-state index contributed by atoms with van der Waals surface area (Å²) in [6.45, 7) is 2.07. The summed E-state index contributed by atoms with van der Waals surface area (Å²) < 4.78 is 1.83. The first-order valence-corrected chi connectivity index (χ1v) is 6.60. The second-order valence-electron chi connectivity index (χ2n) is 4.58. The number of carbonyl (C=O) groups excluding carboxylic acids is 1. The Balaban J connectivity index is 1.88. The molecule has 0 unspecified atom stereocenters. The van der Waals surface area contributed by atoms with E-state index >= 15 is 0 Å². The molecule has 1 amide bonds. The minimum Gasteiger partial charge on any atom is -0.322 e. The van der Waals surface area contributed by atoms with Crippen molar-refractivity contribution in [1.29, 1.82) is 0 Å². The number of pyridine rings is 1. The van der Waals surface area contributed by atoms with Gasteiger partial charge in [0, 0.05) is 24.3 Å². The zero-order chi connectivity index (χ0) is 13.9. The van der Waals surface area contributed by atoms with Gasteiger partial charge >= 0.3 is 0 Å². The number of hydrogen-bond acceptors (Lipinski definition) is 2. The molecular weight excluding hydrogens is 250 g/mol. The third-order valence-electron chi connectivity index (χ3n) is 3.30. The number of amides is 1. The summed E-state index contributed by atoms with van der Waals surface area (Å²) in [5.41, 5.74) is 3.44. The summed E-state index contributed by atoms with van der Waals surface area (Å²) in [5.74, 6) is -0.110. The molecule has 0 saturated carbocycles. The molecule has 1 N–H and O–H groups in total. The number of nitrogens with one attached hydrogen (secondary N) is 1. The lowest BCUT2D eigenvalue weighted by molar-refractivity contribution is 0.102. The summed E-state index contributed by atoms with van der Waals surface area (Å²) >= 11 is 0. The van der Waals surface area contributed by atoms with Crippen LogP contribution in [0.4, 0.5) is 5.69 Å². The molecule has 0 fully saturated rings. The van der Waals surface area contributed by atoms with Gasteiger partial charge in [0.05, 0.1) is 5.56 Å². The van der Waals surface area contributed by atoms with Crippen LogP contribution in [-0.2, 0) is 6.42 Å². The van der Waals surface area contributed by atoms with Crippen LogP contribution >= 0.6 is 0 Å². The maximum Gasteiger partial charge on any atom is 0.257 e. The first-order chi connectivity index (χ1) is 9.78. The van der Waals surface area contributed by atoms with E-state index in [0.29, 0.717) is 5.56 Å². The van der Waals surface area contributed by atoms with Gasteiger partial charge in [-0.05, 0) is 30.2 Å². The highest BCUT2D eigenvalue weighted by Crippen LogP contribution is 2.16. The Hall–Kier alpha value is -2.62. The van der Waals surface area contributed by atoms with Gasteiger partial charge < -0.3 is 9.72 Å². The number of rotatable bonds is 3. The fraction of sp³-hybridized carbons (Fsp3) is 0.125. The van der Waals surface area contributed by atoms with Gasteiger partial charge in [-0.3, -0.25) is 4.79 Å². The van der Waals surface area contributed by atoms with Crippen molar-refractivity contribution in [3.63, 3.8) is 0 Å². The molecule has 0 radical (unpaired) electrons. The normalized spacial score (nSPS) is 10.7. The Kier molecular flexibility index (Phi) is 3.21. The summed E-state index contributed by atoms with van der Waals surface area (Å²) in [6.07, 6.45) is 6.21. The van der Waals surface area contributed by atoms with E-state index < -0.39 is 0 Å². The molecule has 0 aliphatic carbocycles. The number of imidazole rings is 1. The van der Waals surface area contributed by atoms with Crippen LogP contribution in [0.5, 0.6) is 0 Å². The lowest BCUT2D eigenvalue weighted by atomic mass is 10.1. The van der Waals surface area contributed by atoms with Gasteiger partial charge in [-0.25, -0.2) is 4.98 Å². The highest BCUT2D eigenvalue weighted by Gasteiger charge is 2.09. The highest BCUT2D eigenvalue weighted by atomic mass is 16.1. The van der Waals surface area contributed by atoms with Crippen LogP contribution in [0, 0.1) is 0 Å². The van der Waals surface area contributed by atoms with Crippen LogP contribution in [0.15, 0.2) is 55.0 Å². The SMILES string of the molecule is CCc1ccccc1NC(=O)c1ccc2nccn2c1. The van der Waals surface area contributed by atoms with E-state index in [-0.39, 0.29) is 5.91 Å². The van der Waals surface area contributed by atoms with Crippen LogP contribution in [-0.4, -0.2) is 15.3 Å². The average Bonchev–Trinajstić information content (AvgIpc) is 2.95. The number of nitrogens with zero attached hydrogens (tertiary/aromatic N) is 2. The maximum absolute atomic E-state index is 12.3. The first-order valence-electron chi connectivity index (χ1n) is 6.60. The molecule has 0 atom stereocenters. The molecule has 1 aromatic carbocycles. The van der Waals surface area contributed by atoms with Crippen molar-refractivity contribution >= 4 is 17.2 Å². The topological polar surface area (TPSA) is 46.4 Å². The van der Waals surface area contributed by atoms with Gasteiger partial charge in [0.15, 0.2) is 0 Å². The van der Waals surface area contributed by atoms with E-state index in [2.05, 4.69) is 17.2 Å². The van der Waals surface area contributed by atoms with Crippen molar-refractivity contribution in [2.75, 3.05) is 5.32 Å². The van der Waals surface area contributed by atoms with Crippen molar-refractivity contribution in [3.05, 3.63) is 66.1 Å². The third-order valence-corrected chi connectivity index (χ3v) is 3.30. The molecule has 4 nitrogen and oxygen atoms in total. The number of anilines is 1. The number of aromatic nitrogens is 2. The average molecular weight is 265 g/mol. The molecule has 0 spiro atoms. The van der Waals surface area contributed by atoms with Crippen LogP contribution in [0.2, 0.25) is 0 Å². The van der Waals surface area contributed by atoms with Gasteiger partial charge in [0.1, 0.15) is 5.65 Å². The second kappa shape index (κ2) is 5.17. The number of para-hydroxylation sites is 1. The van der Waals surface area contributed by atoms with Gasteiger partial charge in [0.25, 0.3) is 5.91 Å². The van der Waals surface area contributed by atoms with Crippen LogP contribution in [0.1, 0.15) is 22.8 Å². The monoisotopic (exact) mass is 265 g/mol. The van der Waals surface area contributed by atoms with Crippen molar-refractivity contribution in [3.8, 4) is 0 Å². The lowest BCUT2D eigenvalue weighted by Gasteiger charge is -2.09. The summed E-state index contributed by atoms with van der Waals surface area (Å²) in [5, 5.41) is 2.96. The van der Waals surface area contributed by atoms with Crippen molar-refractivity contribution < 1.29 is 4.79 Å². The van der Waals surface area contributed by atoms with E-state index in [1.807, 2.05) is 40.9 Å². The Morgan fingerprint density at radius 1 is 1.25 bits per heavy atom. The Bertz CT molecular complexity index is 761. The van der Waals surface area contributed by atoms with Crippen LogP contribution in [0.25, 0.3) is 5.65 Å². The highest BCUT2D eigenvalue weighted by molar-refractivity contribution is 6.04. The van der Waals surface area contributed by atoms with E-state index in [1.54, 1.807) is 18.5 Å². The maximum atomic E-state index is 12.3. The van der Waals surface area contributed by atoms with Gasteiger partial charge in [-0.2, -0.15) is 0 Å². The molecule has 2 aromatic heterocycles. The summed E-state index contributed by atoms with van der Waals surface area (Å²) in [7, 11) is 0. The third kappa shape index (κ3) is 2.28. The summed E-state index contributed by atoms with van der Waals surface area (Å²) in [6, 6.07) is 11.5. The summed E-state index contributed by atoms with van der Waals surface area (Å²) in [4.78, 5) is 16.5. The second-order valence-corrected chi connectivity index (χ2v) is 4.58. The fourth-order valence-corrected chi connectivity index (χ4v) is 2.20. The van der Waals surface area contributed by atoms with E-state index in [1.165, 1.54) is 0 Å². The number of aryl methyl sites for hydroxylation is 1. The Labute approximate surface area is 117 Å². The molecule has 0 saturated heterocycles. The zero-order valence-electron chi connectivity index (χ0n) is 11.2. The van der Waals surface area contributed by atoms with Crippen LogP contribution < -0.4 is 5.32 Å². The standard InChI is InChI=1S/C16H15N3O/c1-2-12-5-3-4-6-14(12)18-16(20)13-7-8-15-17-9-10-19(15)11-13/h3-11H,2H2,1H3,(H,18,20). The lowest BCUT2D eigenvalue weighted by Crippen LogP contribution is -2.13. The van der Waals surface area contributed by atoms with Crippen molar-refractivity contribution in [2.24, 2.45) is 0 Å².